The maximum absolute atomic E-state index is 8.95. The van der Waals surface area contributed by atoms with Crippen molar-refractivity contribution >= 4 is 0 Å². The van der Waals surface area contributed by atoms with Crippen LogP contribution in [0.5, 0.6) is 0 Å². The van der Waals surface area contributed by atoms with Gasteiger partial charge in [-0.2, -0.15) is 0 Å². The van der Waals surface area contributed by atoms with Gasteiger partial charge in [0.1, 0.15) is 0 Å². The predicted octanol–water partition coefficient (Wildman–Crippen LogP) is 1.36. The first-order valence-corrected chi connectivity index (χ1v) is 6.88. The molecule has 0 radical (unpaired) electrons. The number of benzene rings is 1. The van der Waals surface area contributed by atoms with Gasteiger partial charge in [-0.1, -0.05) is 24.3 Å². The quantitative estimate of drug-likeness (QED) is 0.852. The number of aryl methyl sites for hydroxylation is 1. The first-order chi connectivity index (χ1) is 8.79. The second kappa shape index (κ2) is 6.88. The second-order valence-electron chi connectivity index (χ2n) is 5.18. The van der Waals surface area contributed by atoms with Crippen LogP contribution in [0.1, 0.15) is 17.5 Å². The molecule has 0 bridgehead atoms. The number of rotatable bonds is 5. The molecule has 100 valence electrons. The molecule has 1 aliphatic rings. The Morgan fingerprint density at radius 1 is 1.06 bits per heavy atom. The van der Waals surface area contributed by atoms with E-state index in [-0.39, 0.29) is 6.61 Å². The van der Waals surface area contributed by atoms with Crippen molar-refractivity contribution in [3.63, 3.8) is 0 Å². The number of hydrogen-bond donors (Lipinski definition) is 1. The number of aliphatic hydroxyl groups excluding tert-OH is 1. The zero-order chi connectivity index (χ0) is 12.8. The third-order valence-electron chi connectivity index (χ3n) is 3.71. The van der Waals surface area contributed by atoms with Crippen LogP contribution in [-0.2, 0) is 13.0 Å². The van der Waals surface area contributed by atoms with Crippen LogP contribution in [0.2, 0.25) is 0 Å². The van der Waals surface area contributed by atoms with Gasteiger partial charge in [0.25, 0.3) is 0 Å². The van der Waals surface area contributed by atoms with Crippen LogP contribution in [0.25, 0.3) is 0 Å². The average molecular weight is 248 g/mol. The molecule has 1 aromatic carbocycles. The lowest BCUT2D eigenvalue weighted by molar-refractivity contribution is 0.148. The number of nitrogens with zero attached hydrogens (tertiary/aromatic N) is 2. The first kappa shape index (κ1) is 13.5. The van der Waals surface area contributed by atoms with Gasteiger partial charge in [0.2, 0.25) is 0 Å². The van der Waals surface area contributed by atoms with Gasteiger partial charge in [0.15, 0.2) is 0 Å². The van der Waals surface area contributed by atoms with Crippen molar-refractivity contribution in [2.75, 3.05) is 39.8 Å². The third kappa shape index (κ3) is 3.80. The smallest absolute Gasteiger partial charge is 0.0434 e. The van der Waals surface area contributed by atoms with E-state index in [0.29, 0.717) is 0 Å². The van der Waals surface area contributed by atoms with Crippen LogP contribution >= 0.6 is 0 Å². The molecule has 3 nitrogen and oxygen atoms in total. The van der Waals surface area contributed by atoms with Crippen molar-refractivity contribution in [2.45, 2.75) is 19.4 Å². The van der Waals surface area contributed by atoms with Crippen molar-refractivity contribution in [2.24, 2.45) is 0 Å². The number of piperazine rings is 1. The molecule has 1 aliphatic heterocycles. The summed E-state index contributed by atoms with van der Waals surface area (Å²) in [5.41, 5.74) is 2.82. The van der Waals surface area contributed by atoms with E-state index < -0.39 is 0 Å². The Labute approximate surface area is 110 Å². The summed E-state index contributed by atoms with van der Waals surface area (Å²) >= 11 is 0. The van der Waals surface area contributed by atoms with Crippen LogP contribution in [-0.4, -0.2) is 54.7 Å². The lowest BCUT2D eigenvalue weighted by Crippen LogP contribution is -2.44. The van der Waals surface area contributed by atoms with Gasteiger partial charge in [-0.15, -0.1) is 0 Å². The maximum atomic E-state index is 8.95. The van der Waals surface area contributed by atoms with Crippen molar-refractivity contribution in [3.05, 3.63) is 35.4 Å². The molecular formula is C15H24N2O. The summed E-state index contributed by atoms with van der Waals surface area (Å²) in [7, 11) is 2.19. The molecule has 1 saturated heterocycles. The molecule has 0 atom stereocenters. The molecule has 1 fully saturated rings. The Hall–Kier alpha value is -0.900. The number of likely N-dealkylation sites (N-methyl/N-ethyl adjacent to an activating group) is 1. The van der Waals surface area contributed by atoms with Crippen LogP contribution in [0.4, 0.5) is 0 Å². The van der Waals surface area contributed by atoms with Gasteiger partial charge in [0, 0.05) is 39.3 Å². The van der Waals surface area contributed by atoms with Crippen LogP contribution in [0.3, 0.4) is 0 Å². The highest BCUT2D eigenvalue weighted by atomic mass is 16.2. The van der Waals surface area contributed by atoms with Crippen molar-refractivity contribution in [1.82, 2.24) is 9.80 Å². The van der Waals surface area contributed by atoms with Gasteiger partial charge < -0.3 is 10.0 Å². The molecule has 0 amide bonds. The molecule has 1 N–H and O–H groups in total. The Kier molecular flexibility index (Phi) is 5.17. The van der Waals surface area contributed by atoms with E-state index in [1.165, 1.54) is 24.2 Å². The van der Waals surface area contributed by atoms with Gasteiger partial charge in [-0.25, -0.2) is 0 Å². The molecule has 0 aliphatic carbocycles. The summed E-state index contributed by atoms with van der Waals surface area (Å²) in [6.45, 7) is 5.98. The zero-order valence-electron chi connectivity index (χ0n) is 11.3. The highest BCUT2D eigenvalue weighted by Gasteiger charge is 2.14. The van der Waals surface area contributed by atoms with Crippen LogP contribution < -0.4 is 0 Å². The molecule has 0 unspecified atom stereocenters. The van der Waals surface area contributed by atoms with E-state index in [1.807, 2.05) is 0 Å². The van der Waals surface area contributed by atoms with Gasteiger partial charge in [-0.3, -0.25) is 4.90 Å². The molecule has 0 saturated carbocycles. The fraction of sp³-hybridized carbons (Fsp3) is 0.600. The highest BCUT2D eigenvalue weighted by Crippen LogP contribution is 2.14. The monoisotopic (exact) mass is 248 g/mol. The van der Waals surface area contributed by atoms with E-state index in [4.69, 9.17) is 5.11 Å². The molecule has 2 rings (SSSR count). The lowest BCUT2D eigenvalue weighted by Gasteiger charge is -2.32. The summed E-state index contributed by atoms with van der Waals surface area (Å²) in [5.74, 6) is 0. The summed E-state index contributed by atoms with van der Waals surface area (Å²) in [6, 6.07) is 8.64. The minimum atomic E-state index is 0.281. The third-order valence-corrected chi connectivity index (χ3v) is 3.71. The fourth-order valence-corrected chi connectivity index (χ4v) is 2.47. The zero-order valence-corrected chi connectivity index (χ0v) is 11.3. The van der Waals surface area contributed by atoms with Crippen LogP contribution in [0, 0.1) is 0 Å². The lowest BCUT2D eigenvalue weighted by atomic mass is 10.0. The molecular weight excluding hydrogens is 224 g/mol. The average Bonchev–Trinajstić information content (AvgIpc) is 2.40. The Morgan fingerprint density at radius 2 is 1.72 bits per heavy atom. The minimum Gasteiger partial charge on any atom is -0.396 e. The number of aliphatic hydroxyl groups is 1. The Bertz CT molecular complexity index is 359. The molecule has 1 aromatic rings. The van der Waals surface area contributed by atoms with E-state index in [2.05, 4.69) is 41.1 Å². The largest absolute Gasteiger partial charge is 0.396 e. The molecule has 0 aromatic heterocycles. The highest BCUT2D eigenvalue weighted by molar-refractivity contribution is 5.27. The second-order valence-corrected chi connectivity index (χ2v) is 5.18. The summed E-state index contributed by atoms with van der Waals surface area (Å²) in [6.07, 6.45) is 1.85. The first-order valence-electron chi connectivity index (χ1n) is 6.88. The SMILES string of the molecule is CN1CCN(Cc2ccccc2CCCO)CC1. The predicted molar refractivity (Wildman–Crippen MR) is 74.6 cm³/mol. The Balaban J connectivity index is 1.95. The standard InChI is InChI=1S/C15H24N2O/c1-16-8-10-17(11-9-16)13-15-6-3-2-5-14(15)7-4-12-18/h2-3,5-6,18H,4,7-13H2,1H3. The molecule has 1 heterocycles. The molecule has 0 spiro atoms. The van der Waals surface area contributed by atoms with Crippen molar-refractivity contribution < 1.29 is 5.11 Å². The summed E-state index contributed by atoms with van der Waals surface area (Å²) in [4.78, 5) is 4.91. The number of hydrogen-bond acceptors (Lipinski definition) is 3. The fourth-order valence-electron chi connectivity index (χ4n) is 2.47. The maximum Gasteiger partial charge on any atom is 0.0434 e. The van der Waals surface area contributed by atoms with Crippen LogP contribution in [0.15, 0.2) is 24.3 Å². The van der Waals surface area contributed by atoms with E-state index in [0.717, 1.165) is 32.5 Å². The van der Waals surface area contributed by atoms with E-state index in [9.17, 15) is 0 Å². The topological polar surface area (TPSA) is 26.7 Å². The summed E-state index contributed by atoms with van der Waals surface area (Å²) in [5, 5.41) is 8.95. The van der Waals surface area contributed by atoms with E-state index in [1.54, 1.807) is 0 Å². The summed E-state index contributed by atoms with van der Waals surface area (Å²) < 4.78 is 0. The van der Waals surface area contributed by atoms with E-state index >= 15 is 0 Å². The molecule has 18 heavy (non-hydrogen) atoms. The van der Waals surface area contributed by atoms with Gasteiger partial charge in [-0.05, 0) is 31.0 Å². The van der Waals surface area contributed by atoms with Crippen molar-refractivity contribution in [3.8, 4) is 0 Å². The van der Waals surface area contributed by atoms with Gasteiger partial charge >= 0.3 is 0 Å². The van der Waals surface area contributed by atoms with Crippen molar-refractivity contribution in [1.29, 1.82) is 0 Å². The normalized spacial score (nSPS) is 18.1. The molecule has 3 heteroatoms. The minimum absolute atomic E-state index is 0.281. The van der Waals surface area contributed by atoms with Gasteiger partial charge in [0.05, 0.1) is 0 Å². The Morgan fingerprint density at radius 3 is 2.39 bits per heavy atom.